The molecule has 1 aliphatic rings. The van der Waals surface area contributed by atoms with Crippen LogP contribution in [-0.2, 0) is 11.2 Å². The van der Waals surface area contributed by atoms with Gasteiger partial charge in [-0.25, -0.2) is 4.39 Å². The number of rotatable bonds is 8. The zero-order valence-electron chi connectivity index (χ0n) is 23.2. The molecule has 1 fully saturated rings. The second kappa shape index (κ2) is 11.6. The molecule has 206 valence electrons. The average molecular weight is 556 g/mol. The number of carbonyl (C=O) groups excluding carboxylic acids is 1. The molecule has 0 unspecified atom stereocenters. The highest BCUT2D eigenvalue weighted by Gasteiger charge is 2.41. The molecule has 2 atom stereocenters. The first-order valence-corrected chi connectivity index (χ1v) is 14.0. The highest BCUT2D eigenvalue weighted by atomic mass is 32.1. The molecule has 0 radical (unpaired) electrons. The Hall–Kier alpha value is -4.04. The second-order valence-corrected chi connectivity index (χ2v) is 10.6. The van der Waals surface area contributed by atoms with Crippen LogP contribution in [0.2, 0.25) is 0 Å². The molecule has 3 heterocycles. The van der Waals surface area contributed by atoms with Crippen LogP contribution < -0.4 is 10.6 Å². The predicted octanol–water partition coefficient (Wildman–Crippen LogP) is 6.50. The monoisotopic (exact) mass is 555 g/mol. The normalized spacial score (nSPS) is 16.7. The van der Waals surface area contributed by atoms with Crippen molar-refractivity contribution in [2.45, 2.75) is 52.6 Å². The van der Waals surface area contributed by atoms with E-state index in [0.717, 1.165) is 29.1 Å². The van der Waals surface area contributed by atoms with E-state index in [2.05, 4.69) is 77.0 Å². The lowest BCUT2D eigenvalue weighted by atomic mass is 9.96. The Morgan fingerprint density at radius 1 is 1.07 bits per heavy atom. The molecule has 6 nitrogen and oxygen atoms in total. The average Bonchev–Trinajstić information content (AvgIpc) is 3.43. The molecule has 2 aromatic heterocycles. The minimum atomic E-state index is -0.461. The molecule has 0 spiro atoms. The SMILES string of the molecule is CCc1cccc(C)c1-n1c(C)cc([C@@H]2[C@@H](c3ccccn3)NC(=S)N2CCC(=O)Nc2ccccc2F)c1C. The van der Waals surface area contributed by atoms with Gasteiger partial charge in [0.05, 0.1) is 29.2 Å². The maximum Gasteiger partial charge on any atom is 0.226 e. The smallest absolute Gasteiger partial charge is 0.226 e. The van der Waals surface area contributed by atoms with Gasteiger partial charge in [-0.1, -0.05) is 43.3 Å². The van der Waals surface area contributed by atoms with Crippen LogP contribution in [0.1, 0.15) is 59.2 Å². The van der Waals surface area contributed by atoms with E-state index >= 15 is 0 Å². The summed E-state index contributed by atoms with van der Waals surface area (Å²) in [4.78, 5) is 19.6. The quantitative estimate of drug-likeness (QED) is 0.243. The van der Waals surface area contributed by atoms with Crippen LogP contribution >= 0.6 is 12.2 Å². The zero-order chi connectivity index (χ0) is 28.4. The van der Waals surface area contributed by atoms with Crippen molar-refractivity contribution in [1.29, 1.82) is 0 Å². The fourth-order valence-electron chi connectivity index (χ4n) is 5.74. The summed E-state index contributed by atoms with van der Waals surface area (Å²) in [5.41, 5.74) is 8.15. The first kappa shape index (κ1) is 27.5. The molecule has 40 heavy (non-hydrogen) atoms. The van der Waals surface area contributed by atoms with Gasteiger partial charge in [0.25, 0.3) is 0 Å². The summed E-state index contributed by atoms with van der Waals surface area (Å²) in [7, 11) is 0. The fraction of sp³-hybridized carbons (Fsp3) is 0.281. The van der Waals surface area contributed by atoms with E-state index in [1.165, 1.54) is 22.9 Å². The van der Waals surface area contributed by atoms with Gasteiger partial charge >= 0.3 is 0 Å². The molecular formula is C32H34FN5OS. The highest BCUT2D eigenvalue weighted by Crippen LogP contribution is 2.42. The summed E-state index contributed by atoms with van der Waals surface area (Å²) in [5, 5.41) is 6.73. The third-order valence-electron chi connectivity index (χ3n) is 7.64. The number of aromatic nitrogens is 2. The van der Waals surface area contributed by atoms with Crippen LogP contribution in [-0.4, -0.2) is 32.0 Å². The van der Waals surface area contributed by atoms with Crippen molar-refractivity contribution in [3.8, 4) is 5.69 Å². The van der Waals surface area contributed by atoms with E-state index in [1.54, 1.807) is 24.4 Å². The summed E-state index contributed by atoms with van der Waals surface area (Å²) in [6, 6.07) is 20.3. The molecule has 2 aromatic carbocycles. The molecule has 0 bridgehead atoms. The van der Waals surface area contributed by atoms with Crippen molar-refractivity contribution in [3.05, 3.63) is 113 Å². The summed E-state index contributed by atoms with van der Waals surface area (Å²) in [6.07, 6.45) is 2.86. The summed E-state index contributed by atoms with van der Waals surface area (Å²) in [5.74, 6) is -0.733. The summed E-state index contributed by atoms with van der Waals surface area (Å²) in [6.45, 7) is 8.97. The lowest BCUT2D eigenvalue weighted by molar-refractivity contribution is -0.116. The third-order valence-corrected chi connectivity index (χ3v) is 7.99. The number of nitrogens with one attached hydrogen (secondary N) is 2. The Morgan fingerprint density at radius 3 is 2.58 bits per heavy atom. The Labute approximate surface area is 240 Å². The van der Waals surface area contributed by atoms with Crippen LogP contribution in [0.15, 0.2) is 72.9 Å². The number of nitrogens with zero attached hydrogens (tertiary/aromatic N) is 3. The Balaban J connectivity index is 1.51. The van der Waals surface area contributed by atoms with Crippen molar-refractivity contribution < 1.29 is 9.18 Å². The first-order chi connectivity index (χ1) is 19.3. The number of amides is 1. The van der Waals surface area contributed by atoms with E-state index in [9.17, 15) is 9.18 Å². The largest absolute Gasteiger partial charge is 0.352 e. The number of carbonyl (C=O) groups is 1. The minimum absolute atomic E-state index is 0.151. The molecule has 0 saturated carbocycles. The van der Waals surface area contributed by atoms with Crippen molar-refractivity contribution in [3.63, 3.8) is 0 Å². The van der Waals surface area contributed by atoms with Gasteiger partial charge in [0.15, 0.2) is 5.11 Å². The van der Waals surface area contributed by atoms with Gasteiger partial charge in [-0.15, -0.1) is 0 Å². The second-order valence-electron chi connectivity index (χ2n) is 10.2. The van der Waals surface area contributed by atoms with E-state index in [0.29, 0.717) is 11.7 Å². The molecule has 0 aliphatic carbocycles. The Kier molecular flexibility index (Phi) is 7.98. The minimum Gasteiger partial charge on any atom is -0.352 e. The van der Waals surface area contributed by atoms with Crippen LogP contribution in [0, 0.1) is 26.6 Å². The van der Waals surface area contributed by atoms with Crippen molar-refractivity contribution in [1.82, 2.24) is 19.8 Å². The number of hydrogen-bond donors (Lipinski definition) is 2. The molecule has 8 heteroatoms. The lowest BCUT2D eigenvalue weighted by Gasteiger charge is -2.28. The van der Waals surface area contributed by atoms with Gasteiger partial charge in [-0.05, 0) is 86.4 Å². The van der Waals surface area contributed by atoms with Gasteiger partial charge in [-0.2, -0.15) is 0 Å². The van der Waals surface area contributed by atoms with Crippen LogP contribution in [0.25, 0.3) is 5.69 Å². The summed E-state index contributed by atoms with van der Waals surface area (Å²) >= 11 is 5.82. The van der Waals surface area contributed by atoms with E-state index in [4.69, 9.17) is 12.2 Å². The van der Waals surface area contributed by atoms with E-state index in [1.807, 2.05) is 18.2 Å². The number of para-hydroxylation sites is 2. The number of anilines is 1. The number of halogens is 1. The number of benzene rings is 2. The van der Waals surface area contributed by atoms with Crippen molar-refractivity contribution >= 4 is 28.9 Å². The molecule has 1 saturated heterocycles. The van der Waals surface area contributed by atoms with Gasteiger partial charge in [0.2, 0.25) is 5.91 Å². The number of aryl methyl sites for hydroxylation is 3. The number of thiocarbonyl (C=S) groups is 1. The fourth-order valence-corrected chi connectivity index (χ4v) is 6.07. The highest BCUT2D eigenvalue weighted by molar-refractivity contribution is 7.80. The molecule has 1 aliphatic heterocycles. The maximum atomic E-state index is 14.1. The topological polar surface area (TPSA) is 62.2 Å². The standard InChI is InChI=1S/C32H34FN5OS/c1-5-23-12-10-11-20(2)30(23)38-21(3)19-24(22(38)4)31-29(27-15-8-9-17-34-27)36-32(40)37(31)18-16-28(39)35-26-14-7-6-13-25(26)33/h6-15,17,19,29,31H,5,16,18H2,1-4H3,(H,35,39)(H,36,40)/t29-,31-/m1/s1. The van der Waals surface area contributed by atoms with E-state index < -0.39 is 5.82 Å². The van der Waals surface area contributed by atoms with Crippen LogP contribution in [0.4, 0.5) is 10.1 Å². The first-order valence-electron chi connectivity index (χ1n) is 13.6. The molecule has 1 amide bonds. The lowest BCUT2D eigenvalue weighted by Crippen LogP contribution is -2.33. The summed E-state index contributed by atoms with van der Waals surface area (Å²) < 4.78 is 16.5. The Bertz CT molecular complexity index is 1550. The molecule has 5 rings (SSSR count). The van der Waals surface area contributed by atoms with Crippen molar-refractivity contribution in [2.75, 3.05) is 11.9 Å². The Morgan fingerprint density at radius 2 is 1.85 bits per heavy atom. The van der Waals surface area contributed by atoms with Crippen LogP contribution in [0.5, 0.6) is 0 Å². The van der Waals surface area contributed by atoms with Crippen LogP contribution in [0.3, 0.4) is 0 Å². The maximum absolute atomic E-state index is 14.1. The molecule has 2 N–H and O–H groups in total. The number of hydrogen-bond acceptors (Lipinski definition) is 3. The molecular weight excluding hydrogens is 521 g/mol. The molecule has 4 aromatic rings. The third kappa shape index (κ3) is 5.23. The number of pyridine rings is 1. The van der Waals surface area contributed by atoms with Gasteiger partial charge in [-0.3, -0.25) is 9.78 Å². The predicted molar refractivity (Wildman–Crippen MR) is 161 cm³/mol. The van der Waals surface area contributed by atoms with Gasteiger partial charge in [0, 0.05) is 30.6 Å². The zero-order valence-corrected chi connectivity index (χ0v) is 24.1. The van der Waals surface area contributed by atoms with E-state index in [-0.39, 0.29) is 30.1 Å². The van der Waals surface area contributed by atoms with Gasteiger partial charge < -0.3 is 20.1 Å². The van der Waals surface area contributed by atoms with Gasteiger partial charge in [0.1, 0.15) is 5.82 Å². The van der Waals surface area contributed by atoms with Crippen molar-refractivity contribution in [2.24, 2.45) is 0 Å².